The van der Waals surface area contributed by atoms with Crippen LogP contribution in [0.2, 0.25) is 0 Å². The number of pyridine rings is 1. The van der Waals surface area contributed by atoms with Crippen molar-refractivity contribution in [3.8, 4) is 5.88 Å². The molecule has 1 aromatic rings. The quantitative estimate of drug-likeness (QED) is 0.787. The van der Waals surface area contributed by atoms with Crippen molar-refractivity contribution in [2.45, 2.75) is 32.9 Å². The molecule has 1 aliphatic rings. The van der Waals surface area contributed by atoms with Gasteiger partial charge in [-0.2, -0.15) is 0 Å². The highest BCUT2D eigenvalue weighted by Gasteiger charge is 2.28. The number of nitrogens with zero attached hydrogens (tertiary/aromatic N) is 2. The maximum absolute atomic E-state index is 12.1. The van der Waals surface area contributed by atoms with Crippen molar-refractivity contribution >= 4 is 6.03 Å². The van der Waals surface area contributed by atoms with Gasteiger partial charge in [0.15, 0.2) is 0 Å². The number of hydrogen-bond acceptors (Lipinski definition) is 5. The first kappa shape index (κ1) is 18.5. The zero-order valence-electron chi connectivity index (χ0n) is 14.8. The van der Waals surface area contributed by atoms with Gasteiger partial charge in [-0.15, -0.1) is 0 Å². The van der Waals surface area contributed by atoms with Gasteiger partial charge in [0, 0.05) is 43.5 Å². The van der Waals surface area contributed by atoms with Crippen molar-refractivity contribution in [1.82, 2.24) is 20.5 Å². The SMILES string of the molecule is CCOc1ncccc1CNC(=O)NCC(C)(C)N1CCOCC1. The highest BCUT2D eigenvalue weighted by atomic mass is 16.5. The highest BCUT2D eigenvalue weighted by Crippen LogP contribution is 2.15. The van der Waals surface area contributed by atoms with E-state index in [4.69, 9.17) is 9.47 Å². The molecule has 1 saturated heterocycles. The first-order chi connectivity index (χ1) is 11.5. The van der Waals surface area contributed by atoms with Crippen LogP contribution in [0, 0.1) is 0 Å². The van der Waals surface area contributed by atoms with Crippen LogP contribution in [-0.4, -0.2) is 60.9 Å². The highest BCUT2D eigenvalue weighted by molar-refractivity contribution is 5.74. The van der Waals surface area contributed by atoms with E-state index in [1.807, 2.05) is 19.1 Å². The first-order valence-corrected chi connectivity index (χ1v) is 8.44. The molecule has 0 radical (unpaired) electrons. The third kappa shape index (κ3) is 5.35. The van der Waals surface area contributed by atoms with Crippen molar-refractivity contribution in [1.29, 1.82) is 0 Å². The summed E-state index contributed by atoms with van der Waals surface area (Å²) >= 11 is 0. The number of nitrogens with one attached hydrogen (secondary N) is 2. The van der Waals surface area contributed by atoms with E-state index in [0.29, 0.717) is 25.6 Å². The van der Waals surface area contributed by atoms with Gasteiger partial charge >= 0.3 is 6.03 Å². The summed E-state index contributed by atoms with van der Waals surface area (Å²) in [7, 11) is 0. The fourth-order valence-electron chi connectivity index (χ4n) is 2.64. The lowest BCUT2D eigenvalue weighted by atomic mass is 10.0. The Balaban J connectivity index is 1.79. The lowest BCUT2D eigenvalue weighted by molar-refractivity contribution is -0.00874. The van der Waals surface area contributed by atoms with Gasteiger partial charge in [-0.05, 0) is 26.8 Å². The van der Waals surface area contributed by atoms with Gasteiger partial charge in [-0.3, -0.25) is 4.90 Å². The Morgan fingerprint density at radius 1 is 1.38 bits per heavy atom. The smallest absolute Gasteiger partial charge is 0.315 e. The lowest BCUT2D eigenvalue weighted by Crippen LogP contribution is -2.56. The average Bonchev–Trinajstić information content (AvgIpc) is 2.60. The minimum absolute atomic E-state index is 0.105. The van der Waals surface area contributed by atoms with E-state index in [9.17, 15) is 4.79 Å². The monoisotopic (exact) mass is 336 g/mol. The molecule has 24 heavy (non-hydrogen) atoms. The molecule has 7 heteroatoms. The Labute approximate surface area is 143 Å². The van der Waals surface area contributed by atoms with E-state index in [0.717, 1.165) is 31.9 Å². The number of amides is 2. The summed E-state index contributed by atoms with van der Waals surface area (Å²) in [5.41, 5.74) is 0.758. The average molecular weight is 336 g/mol. The van der Waals surface area contributed by atoms with Gasteiger partial charge in [0.2, 0.25) is 5.88 Å². The second-order valence-electron chi connectivity index (χ2n) is 6.35. The number of carbonyl (C=O) groups is 1. The van der Waals surface area contributed by atoms with Crippen molar-refractivity contribution in [2.75, 3.05) is 39.5 Å². The maximum Gasteiger partial charge on any atom is 0.315 e. The maximum atomic E-state index is 12.1. The largest absolute Gasteiger partial charge is 0.478 e. The van der Waals surface area contributed by atoms with Crippen LogP contribution in [0.3, 0.4) is 0 Å². The Hall–Kier alpha value is -1.86. The Bertz CT molecular complexity index is 530. The van der Waals surface area contributed by atoms with E-state index in [1.54, 1.807) is 6.20 Å². The summed E-state index contributed by atoms with van der Waals surface area (Å²) in [6, 6.07) is 3.54. The third-order valence-electron chi connectivity index (χ3n) is 4.12. The fourth-order valence-corrected chi connectivity index (χ4v) is 2.64. The molecule has 0 aliphatic carbocycles. The van der Waals surface area contributed by atoms with Crippen molar-refractivity contribution < 1.29 is 14.3 Å². The predicted octanol–water partition coefficient (Wildman–Crippen LogP) is 1.39. The molecule has 2 rings (SSSR count). The van der Waals surface area contributed by atoms with Gasteiger partial charge in [0.05, 0.1) is 19.8 Å². The van der Waals surface area contributed by atoms with E-state index in [2.05, 4.69) is 34.4 Å². The number of aromatic nitrogens is 1. The molecule has 2 heterocycles. The molecule has 7 nitrogen and oxygen atoms in total. The van der Waals surface area contributed by atoms with Crippen LogP contribution >= 0.6 is 0 Å². The molecule has 1 fully saturated rings. The fraction of sp³-hybridized carbons (Fsp3) is 0.647. The number of morpholine rings is 1. The molecule has 0 aromatic carbocycles. The van der Waals surface area contributed by atoms with Crippen LogP contribution in [0.15, 0.2) is 18.3 Å². The predicted molar refractivity (Wildman–Crippen MR) is 92.1 cm³/mol. The summed E-state index contributed by atoms with van der Waals surface area (Å²) in [5, 5.41) is 5.81. The van der Waals surface area contributed by atoms with E-state index in [1.165, 1.54) is 0 Å². The minimum Gasteiger partial charge on any atom is -0.478 e. The number of urea groups is 1. The second kappa shape index (κ2) is 8.84. The zero-order chi connectivity index (χ0) is 17.4. The summed E-state index contributed by atoms with van der Waals surface area (Å²) in [6.45, 7) is 11.0. The van der Waals surface area contributed by atoms with Gasteiger partial charge < -0.3 is 20.1 Å². The van der Waals surface area contributed by atoms with Gasteiger partial charge in [0.1, 0.15) is 0 Å². The summed E-state index contributed by atoms with van der Waals surface area (Å²) in [4.78, 5) is 18.6. The van der Waals surface area contributed by atoms with Gasteiger partial charge in [-0.25, -0.2) is 9.78 Å². The summed E-state index contributed by atoms with van der Waals surface area (Å²) in [5.74, 6) is 0.564. The van der Waals surface area contributed by atoms with Crippen LogP contribution in [0.5, 0.6) is 5.88 Å². The van der Waals surface area contributed by atoms with Crippen LogP contribution in [-0.2, 0) is 11.3 Å². The van der Waals surface area contributed by atoms with Crippen LogP contribution in [0.1, 0.15) is 26.3 Å². The van der Waals surface area contributed by atoms with Crippen molar-refractivity contribution in [2.24, 2.45) is 0 Å². The van der Waals surface area contributed by atoms with Crippen molar-refractivity contribution in [3.63, 3.8) is 0 Å². The van der Waals surface area contributed by atoms with E-state index in [-0.39, 0.29) is 11.6 Å². The number of hydrogen-bond donors (Lipinski definition) is 2. The molecule has 1 aromatic heterocycles. The van der Waals surface area contributed by atoms with E-state index >= 15 is 0 Å². The topological polar surface area (TPSA) is 75.7 Å². The number of carbonyl (C=O) groups excluding carboxylic acids is 1. The molecule has 2 amide bonds. The number of rotatable bonds is 7. The molecular formula is C17H28N4O3. The van der Waals surface area contributed by atoms with Gasteiger partial charge in [0.25, 0.3) is 0 Å². The molecule has 0 saturated carbocycles. The normalized spacial score (nSPS) is 15.8. The molecular weight excluding hydrogens is 308 g/mol. The summed E-state index contributed by atoms with van der Waals surface area (Å²) < 4.78 is 10.8. The third-order valence-corrected chi connectivity index (χ3v) is 4.12. The van der Waals surface area contributed by atoms with Crippen LogP contribution < -0.4 is 15.4 Å². The molecule has 0 unspecified atom stereocenters. The molecule has 2 N–H and O–H groups in total. The molecule has 0 atom stereocenters. The minimum atomic E-state index is -0.192. The van der Waals surface area contributed by atoms with Crippen molar-refractivity contribution in [3.05, 3.63) is 23.9 Å². The lowest BCUT2D eigenvalue weighted by Gasteiger charge is -2.40. The van der Waals surface area contributed by atoms with E-state index < -0.39 is 0 Å². The standard InChI is InChI=1S/C17H28N4O3/c1-4-24-15-14(6-5-7-18-15)12-19-16(22)20-13-17(2,3)21-8-10-23-11-9-21/h5-7H,4,8-13H2,1-3H3,(H2,19,20,22). The summed E-state index contributed by atoms with van der Waals surface area (Å²) in [6.07, 6.45) is 1.68. The number of ether oxygens (including phenoxy) is 2. The molecule has 134 valence electrons. The van der Waals surface area contributed by atoms with Gasteiger partial charge in [-0.1, -0.05) is 6.07 Å². The second-order valence-corrected chi connectivity index (χ2v) is 6.35. The van der Waals surface area contributed by atoms with Crippen LogP contribution in [0.25, 0.3) is 0 Å². The molecule has 1 aliphatic heterocycles. The molecule has 0 spiro atoms. The first-order valence-electron chi connectivity index (χ1n) is 8.44. The Morgan fingerprint density at radius 2 is 2.12 bits per heavy atom. The zero-order valence-corrected chi connectivity index (χ0v) is 14.8. The Kier molecular flexibility index (Phi) is 6.81. The van der Waals surface area contributed by atoms with Crippen LogP contribution in [0.4, 0.5) is 4.79 Å². The molecule has 0 bridgehead atoms. The Morgan fingerprint density at radius 3 is 2.83 bits per heavy atom.